The molecule has 3 aromatic carbocycles. The molecule has 5 aromatic rings. The molecule has 0 saturated heterocycles. The zero-order valence-electron chi connectivity index (χ0n) is 30.7. The Balaban J connectivity index is 0.000000334. The number of hydrogen-bond donors (Lipinski definition) is 1. The summed E-state index contributed by atoms with van der Waals surface area (Å²) in [5.41, 5.74) is 7.11. The summed E-state index contributed by atoms with van der Waals surface area (Å²) < 4.78 is 2.54. The molecule has 0 unspecified atom stereocenters. The van der Waals surface area contributed by atoms with Crippen LogP contribution in [0.2, 0.25) is 19.6 Å². The van der Waals surface area contributed by atoms with Crippen LogP contribution >= 0.6 is 11.3 Å². The van der Waals surface area contributed by atoms with E-state index in [1.54, 1.807) is 6.33 Å². The van der Waals surface area contributed by atoms with E-state index in [0.29, 0.717) is 5.92 Å². The molecule has 7 heteroatoms. The van der Waals surface area contributed by atoms with E-state index in [9.17, 15) is 9.90 Å². The zero-order valence-corrected chi connectivity index (χ0v) is 34.9. The Morgan fingerprint density at radius 3 is 2.10 bits per heavy atom. The molecular formula is C41H53IrN2O2SSi-. The second kappa shape index (κ2) is 16.8. The number of carbonyl (C=O) groups excluding carboxylic acids is 1. The molecule has 2 aromatic heterocycles. The monoisotopic (exact) mass is 858 g/mol. The van der Waals surface area contributed by atoms with E-state index in [4.69, 9.17) is 9.97 Å². The Kier molecular flexibility index (Phi) is 13.9. The van der Waals surface area contributed by atoms with Crippen molar-refractivity contribution in [2.24, 2.45) is 11.8 Å². The van der Waals surface area contributed by atoms with Gasteiger partial charge in [0.15, 0.2) is 5.78 Å². The minimum Gasteiger partial charge on any atom is -0.512 e. The molecule has 0 aliphatic heterocycles. The number of rotatable bonds is 10. The third-order valence-electron chi connectivity index (χ3n) is 9.56. The number of aryl methyl sites for hydroxylation is 2. The van der Waals surface area contributed by atoms with Gasteiger partial charge in [0.1, 0.15) is 6.33 Å². The van der Waals surface area contributed by atoms with E-state index in [1.165, 1.54) is 53.5 Å². The van der Waals surface area contributed by atoms with E-state index in [-0.39, 0.29) is 43.5 Å². The molecule has 1 N–H and O–H groups in total. The predicted octanol–water partition coefficient (Wildman–Crippen LogP) is 11.6. The number of benzene rings is 3. The minimum absolute atomic E-state index is 0. The summed E-state index contributed by atoms with van der Waals surface area (Å²) in [7, 11) is -1.47. The van der Waals surface area contributed by atoms with Gasteiger partial charge in [0.25, 0.3) is 0 Å². The molecule has 48 heavy (non-hydrogen) atoms. The Morgan fingerprint density at radius 1 is 0.896 bits per heavy atom. The SMILES string of the molecule is CCC(CC)C(=O)/C=C(\O)C(CC)CC.Cc1cc2[c-]c(-c3ncnc4c3sc3c([Si](C)(C)C)cccc34)cc(C(C)C)c2cc1C.[Ir]. The zero-order chi connectivity index (χ0) is 34.6. The summed E-state index contributed by atoms with van der Waals surface area (Å²) in [6.07, 6.45) is 6.63. The molecule has 259 valence electrons. The van der Waals surface area contributed by atoms with Crippen molar-refractivity contribution in [3.63, 3.8) is 0 Å². The molecule has 2 heterocycles. The number of hydrogen-bond acceptors (Lipinski definition) is 5. The quantitative estimate of drug-likeness (QED) is 0.0658. The normalized spacial score (nSPS) is 12.2. The number of aliphatic hydroxyl groups excluding tert-OH is 1. The first-order chi connectivity index (χ1) is 22.2. The van der Waals surface area contributed by atoms with Crippen molar-refractivity contribution in [3.8, 4) is 11.3 Å². The first-order valence-electron chi connectivity index (χ1n) is 17.3. The predicted molar refractivity (Wildman–Crippen MR) is 207 cm³/mol. The minimum atomic E-state index is -1.47. The molecule has 0 amide bonds. The Hall–Kier alpha value is -2.70. The van der Waals surface area contributed by atoms with Crippen LogP contribution in [0, 0.1) is 31.7 Å². The molecule has 0 atom stereocenters. The number of carbonyl (C=O) groups is 1. The van der Waals surface area contributed by atoms with E-state index in [2.05, 4.69) is 89.8 Å². The van der Waals surface area contributed by atoms with Crippen LogP contribution in [-0.2, 0) is 24.9 Å². The van der Waals surface area contributed by atoms with Crippen LogP contribution in [0.25, 0.3) is 42.3 Å². The van der Waals surface area contributed by atoms with E-state index < -0.39 is 8.07 Å². The molecule has 5 rings (SSSR count). The van der Waals surface area contributed by atoms with Crippen molar-refractivity contribution in [1.29, 1.82) is 0 Å². The average Bonchev–Trinajstić information content (AvgIpc) is 3.41. The van der Waals surface area contributed by atoms with Crippen molar-refractivity contribution in [2.75, 3.05) is 0 Å². The number of aromatic nitrogens is 2. The van der Waals surface area contributed by atoms with Gasteiger partial charge < -0.3 is 5.11 Å². The summed E-state index contributed by atoms with van der Waals surface area (Å²) in [5.74, 6) is 0.970. The van der Waals surface area contributed by atoms with E-state index in [0.717, 1.165) is 42.5 Å². The number of allylic oxidation sites excluding steroid dienone is 2. The summed E-state index contributed by atoms with van der Waals surface area (Å²) in [4.78, 5) is 21.2. The van der Waals surface area contributed by atoms with Crippen LogP contribution in [0.5, 0.6) is 0 Å². The topological polar surface area (TPSA) is 63.1 Å². The Bertz CT molecular complexity index is 1910. The third kappa shape index (κ3) is 8.53. The molecule has 1 radical (unpaired) electrons. The molecule has 0 saturated carbocycles. The van der Waals surface area contributed by atoms with Gasteiger partial charge in [-0.3, -0.25) is 9.78 Å². The fraction of sp³-hybridized carbons (Fsp3) is 0.439. The van der Waals surface area contributed by atoms with Gasteiger partial charge in [-0.15, -0.1) is 40.5 Å². The maximum atomic E-state index is 11.7. The number of ketones is 1. The van der Waals surface area contributed by atoms with Crippen molar-refractivity contribution in [2.45, 2.75) is 107 Å². The van der Waals surface area contributed by atoms with Gasteiger partial charge in [-0.25, -0.2) is 4.98 Å². The van der Waals surface area contributed by atoms with E-state index >= 15 is 0 Å². The molecular weight excluding hydrogens is 805 g/mol. The fourth-order valence-electron chi connectivity index (χ4n) is 6.34. The molecule has 0 fully saturated rings. The van der Waals surface area contributed by atoms with Crippen molar-refractivity contribution < 1.29 is 30.0 Å². The Labute approximate surface area is 306 Å². The average molecular weight is 858 g/mol. The summed E-state index contributed by atoms with van der Waals surface area (Å²) in [6, 6.07) is 17.3. The fourth-order valence-corrected chi connectivity index (χ4v) is 10.00. The maximum Gasteiger partial charge on any atom is 0.162 e. The van der Waals surface area contributed by atoms with Crippen LogP contribution in [0.1, 0.15) is 89.8 Å². The van der Waals surface area contributed by atoms with Gasteiger partial charge in [0.2, 0.25) is 0 Å². The van der Waals surface area contributed by atoms with Crippen molar-refractivity contribution in [3.05, 3.63) is 77.3 Å². The first kappa shape index (κ1) is 39.7. The van der Waals surface area contributed by atoms with E-state index in [1.807, 2.05) is 39.0 Å². The van der Waals surface area contributed by atoms with Crippen molar-refractivity contribution in [1.82, 2.24) is 9.97 Å². The Morgan fingerprint density at radius 2 is 1.52 bits per heavy atom. The van der Waals surface area contributed by atoms with Gasteiger partial charge in [-0.05, 0) is 50.6 Å². The smallest absolute Gasteiger partial charge is 0.162 e. The molecule has 0 aliphatic rings. The largest absolute Gasteiger partial charge is 0.512 e. The van der Waals surface area contributed by atoms with Gasteiger partial charge in [0.05, 0.1) is 19.3 Å². The van der Waals surface area contributed by atoms with Crippen LogP contribution < -0.4 is 5.19 Å². The van der Waals surface area contributed by atoms with Crippen molar-refractivity contribution >= 4 is 61.5 Å². The van der Waals surface area contributed by atoms with Crippen LogP contribution in [0.4, 0.5) is 0 Å². The first-order valence-corrected chi connectivity index (χ1v) is 21.7. The number of nitrogens with zero attached hydrogens (tertiary/aromatic N) is 2. The summed E-state index contributed by atoms with van der Waals surface area (Å²) in [6.45, 7) is 24.2. The third-order valence-corrected chi connectivity index (χ3v) is 13.0. The molecule has 4 nitrogen and oxygen atoms in total. The van der Waals surface area contributed by atoms with Gasteiger partial charge in [-0.2, -0.15) is 0 Å². The van der Waals surface area contributed by atoms with Crippen LogP contribution in [0.15, 0.2) is 54.6 Å². The van der Waals surface area contributed by atoms with Crippen LogP contribution in [0.3, 0.4) is 0 Å². The molecule has 0 bridgehead atoms. The second-order valence-electron chi connectivity index (χ2n) is 14.2. The number of thiophene rings is 1. The van der Waals surface area contributed by atoms with Gasteiger partial charge >= 0.3 is 0 Å². The summed E-state index contributed by atoms with van der Waals surface area (Å²) in [5, 5.41) is 15.0. The molecule has 0 spiro atoms. The standard InChI is InChI=1S/C28H29N2SSi.C13H24O2.Ir/c1-16(2)22-14-20(13-19-11-17(3)18(4)12-23(19)22)25-28-26(30-15-29-25)21-9-8-10-24(27(21)31-28)32(5,6)7;1-5-10(6-2)12(14)9-13(15)11(7-3)8-4;/h8-12,14-16H,1-7H3;9-11,14H,5-8H2,1-4H3;/q-1;;/b;12-9-;. The summed E-state index contributed by atoms with van der Waals surface area (Å²) >= 11 is 1.85. The molecule has 0 aliphatic carbocycles. The number of aliphatic hydroxyl groups is 1. The van der Waals surface area contributed by atoms with Gasteiger partial charge in [-0.1, -0.05) is 108 Å². The maximum absolute atomic E-state index is 11.7. The van der Waals surface area contributed by atoms with Crippen LogP contribution in [-0.4, -0.2) is 28.9 Å². The van der Waals surface area contributed by atoms with Gasteiger partial charge in [0, 0.05) is 58.5 Å². The number of fused-ring (bicyclic) bond motifs is 4. The second-order valence-corrected chi connectivity index (χ2v) is 20.3.